The Labute approximate surface area is 104 Å². The summed E-state index contributed by atoms with van der Waals surface area (Å²) in [5, 5.41) is 9.25. The zero-order chi connectivity index (χ0) is 12.9. The highest BCUT2D eigenvalue weighted by Gasteiger charge is 2.40. The van der Waals surface area contributed by atoms with Crippen molar-refractivity contribution in [3.63, 3.8) is 0 Å². The molecular formula is C13H22N2O2. The van der Waals surface area contributed by atoms with E-state index in [-0.39, 0.29) is 5.91 Å². The standard InChI is InChI=1S/C13H22N2O2/c1-4-13(5-2,10-14)12(16)15-7-6-11(8-15)9-17-3/h11H,4-9H2,1-3H3. The van der Waals surface area contributed by atoms with Gasteiger partial charge in [-0.3, -0.25) is 4.79 Å². The first-order chi connectivity index (χ1) is 8.13. The number of hydrogen-bond donors (Lipinski definition) is 0. The molecule has 0 bridgehead atoms. The molecule has 0 aromatic heterocycles. The lowest BCUT2D eigenvalue weighted by Gasteiger charge is -2.28. The Hall–Kier alpha value is -1.08. The summed E-state index contributed by atoms with van der Waals surface area (Å²) >= 11 is 0. The Balaban J connectivity index is 2.68. The van der Waals surface area contributed by atoms with Gasteiger partial charge in [0.25, 0.3) is 0 Å². The summed E-state index contributed by atoms with van der Waals surface area (Å²) in [6.45, 7) is 6.01. The molecule has 0 aromatic carbocycles. The van der Waals surface area contributed by atoms with Crippen LogP contribution in [0.5, 0.6) is 0 Å². The van der Waals surface area contributed by atoms with Crippen LogP contribution in [0.15, 0.2) is 0 Å². The molecule has 1 aliphatic rings. The maximum atomic E-state index is 12.4. The minimum atomic E-state index is -0.817. The minimum absolute atomic E-state index is 0.00334. The van der Waals surface area contributed by atoms with Crippen LogP contribution in [0.2, 0.25) is 0 Å². The fourth-order valence-electron chi connectivity index (χ4n) is 2.45. The second-order valence-electron chi connectivity index (χ2n) is 4.76. The van der Waals surface area contributed by atoms with E-state index in [0.717, 1.165) is 19.5 Å². The first-order valence-electron chi connectivity index (χ1n) is 6.33. The van der Waals surface area contributed by atoms with Crippen molar-refractivity contribution in [3.05, 3.63) is 0 Å². The van der Waals surface area contributed by atoms with Gasteiger partial charge in [-0.05, 0) is 19.3 Å². The fraction of sp³-hybridized carbons (Fsp3) is 0.846. The van der Waals surface area contributed by atoms with Crippen LogP contribution in [-0.2, 0) is 9.53 Å². The Morgan fingerprint density at radius 1 is 1.53 bits per heavy atom. The molecule has 96 valence electrons. The Morgan fingerprint density at radius 3 is 2.65 bits per heavy atom. The van der Waals surface area contributed by atoms with Crippen LogP contribution < -0.4 is 0 Å². The first-order valence-corrected chi connectivity index (χ1v) is 6.33. The van der Waals surface area contributed by atoms with Gasteiger partial charge in [-0.2, -0.15) is 5.26 Å². The molecular weight excluding hydrogens is 216 g/mol. The van der Waals surface area contributed by atoms with Crippen LogP contribution >= 0.6 is 0 Å². The summed E-state index contributed by atoms with van der Waals surface area (Å²) in [5.74, 6) is 0.428. The summed E-state index contributed by atoms with van der Waals surface area (Å²) < 4.78 is 5.12. The summed E-state index contributed by atoms with van der Waals surface area (Å²) in [4.78, 5) is 14.2. The number of hydrogen-bond acceptors (Lipinski definition) is 3. The third kappa shape index (κ3) is 2.78. The summed E-state index contributed by atoms with van der Waals surface area (Å²) in [6.07, 6.45) is 2.16. The normalized spacial score (nSPS) is 20.4. The molecule has 1 atom stereocenters. The van der Waals surface area contributed by atoms with Crippen molar-refractivity contribution in [3.8, 4) is 6.07 Å². The van der Waals surface area contributed by atoms with Gasteiger partial charge in [0.2, 0.25) is 5.91 Å². The second-order valence-corrected chi connectivity index (χ2v) is 4.76. The van der Waals surface area contributed by atoms with Gasteiger partial charge in [-0.25, -0.2) is 0 Å². The van der Waals surface area contributed by atoms with E-state index in [0.29, 0.717) is 25.4 Å². The maximum absolute atomic E-state index is 12.4. The molecule has 4 nitrogen and oxygen atoms in total. The average Bonchev–Trinajstić information content (AvgIpc) is 2.81. The van der Waals surface area contributed by atoms with Gasteiger partial charge in [-0.15, -0.1) is 0 Å². The van der Waals surface area contributed by atoms with Gasteiger partial charge in [0.15, 0.2) is 0 Å². The summed E-state index contributed by atoms with van der Waals surface area (Å²) in [7, 11) is 1.68. The average molecular weight is 238 g/mol. The largest absolute Gasteiger partial charge is 0.384 e. The van der Waals surface area contributed by atoms with Gasteiger partial charge < -0.3 is 9.64 Å². The van der Waals surface area contributed by atoms with Gasteiger partial charge in [0, 0.05) is 26.1 Å². The van der Waals surface area contributed by atoms with Gasteiger partial charge >= 0.3 is 0 Å². The molecule has 1 heterocycles. The first kappa shape index (κ1) is 14.0. The van der Waals surface area contributed by atoms with Crippen LogP contribution in [0.4, 0.5) is 0 Å². The number of nitrogens with zero attached hydrogens (tertiary/aromatic N) is 2. The number of amides is 1. The van der Waals surface area contributed by atoms with E-state index in [1.165, 1.54) is 0 Å². The van der Waals surface area contributed by atoms with Crippen molar-refractivity contribution >= 4 is 5.91 Å². The molecule has 1 aliphatic heterocycles. The van der Waals surface area contributed by atoms with E-state index in [9.17, 15) is 10.1 Å². The van der Waals surface area contributed by atoms with Crippen molar-refractivity contribution in [2.75, 3.05) is 26.8 Å². The molecule has 0 N–H and O–H groups in total. The highest BCUT2D eigenvalue weighted by molar-refractivity contribution is 5.85. The van der Waals surface area contributed by atoms with Crippen molar-refractivity contribution in [1.29, 1.82) is 5.26 Å². The van der Waals surface area contributed by atoms with Gasteiger partial charge in [0.1, 0.15) is 5.41 Å². The van der Waals surface area contributed by atoms with E-state index in [1.807, 2.05) is 18.7 Å². The van der Waals surface area contributed by atoms with E-state index in [2.05, 4.69) is 6.07 Å². The SMILES string of the molecule is CCC(C#N)(CC)C(=O)N1CCC(COC)C1. The van der Waals surface area contributed by atoms with Crippen molar-refractivity contribution in [2.45, 2.75) is 33.1 Å². The van der Waals surface area contributed by atoms with E-state index in [4.69, 9.17) is 4.74 Å². The molecule has 17 heavy (non-hydrogen) atoms. The summed E-state index contributed by atoms with van der Waals surface area (Å²) in [6, 6.07) is 2.22. The molecule has 0 aliphatic carbocycles. The van der Waals surface area contributed by atoms with Gasteiger partial charge in [-0.1, -0.05) is 13.8 Å². The van der Waals surface area contributed by atoms with E-state index in [1.54, 1.807) is 7.11 Å². The third-order valence-electron chi connectivity index (χ3n) is 3.81. The molecule has 1 amide bonds. The molecule has 0 aromatic rings. The highest BCUT2D eigenvalue weighted by Crippen LogP contribution is 2.30. The smallest absolute Gasteiger partial charge is 0.243 e. The monoisotopic (exact) mass is 238 g/mol. The molecule has 4 heteroatoms. The van der Waals surface area contributed by atoms with Crippen LogP contribution in [-0.4, -0.2) is 37.6 Å². The van der Waals surface area contributed by atoms with E-state index < -0.39 is 5.41 Å². The lowest BCUT2D eigenvalue weighted by Crippen LogP contribution is -2.41. The number of methoxy groups -OCH3 is 1. The van der Waals surface area contributed by atoms with E-state index >= 15 is 0 Å². The Morgan fingerprint density at radius 2 is 2.18 bits per heavy atom. The van der Waals surface area contributed by atoms with Crippen LogP contribution in [0.1, 0.15) is 33.1 Å². The molecule has 1 saturated heterocycles. The number of likely N-dealkylation sites (tertiary alicyclic amines) is 1. The van der Waals surface area contributed by atoms with Crippen LogP contribution in [0, 0.1) is 22.7 Å². The number of rotatable bonds is 5. The molecule has 0 spiro atoms. The zero-order valence-electron chi connectivity index (χ0n) is 11.0. The Bertz CT molecular complexity index is 305. The number of carbonyl (C=O) groups excluding carboxylic acids is 1. The predicted molar refractivity (Wildman–Crippen MR) is 65.2 cm³/mol. The predicted octanol–water partition coefficient (Wildman–Crippen LogP) is 1.81. The number of ether oxygens (including phenoxy) is 1. The molecule has 0 radical (unpaired) electrons. The molecule has 0 saturated carbocycles. The van der Waals surface area contributed by atoms with Crippen molar-refractivity contribution < 1.29 is 9.53 Å². The lowest BCUT2D eigenvalue weighted by molar-refractivity contribution is -0.138. The molecule has 1 fully saturated rings. The van der Waals surface area contributed by atoms with Crippen molar-refractivity contribution in [1.82, 2.24) is 4.90 Å². The third-order valence-corrected chi connectivity index (χ3v) is 3.81. The number of nitriles is 1. The highest BCUT2D eigenvalue weighted by atomic mass is 16.5. The second kappa shape index (κ2) is 6.02. The zero-order valence-corrected chi connectivity index (χ0v) is 11.0. The van der Waals surface area contributed by atoms with Crippen LogP contribution in [0.3, 0.4) is 0 Å². The van der Waals surface area contributed by atoms with Crippen LogP contribution in [0.25, 0.3) is 0 Å². The lowest BCUT2D eigenvalue weighted by atomic mass is 9.82. The summed E-state index contributed by atoms with van der Waals surface area (Å²) in [5.41, 5.74) is -0.817. The maximum Gasteiger partial charge on any atom is 0.243 e. The minimum Gasteiger partial charge on any atom is -0.384 e. The Kier molecular flexibility index (Phi) is 4.95. The quantitative estimate of drug-likeness (QED) is 0.734. The number of carbonyl (C=O) groups is 1. The molecule has 1 rings (SSSR count). The molecule has 1 unspecified atom stereocenters. The van der Waals surface area contributed by atoms with Crippen molar-refractivity contribution in [2.24, 2.45) is 11.3 Å². The topological polar surface area (TPSA) is 53.3 Å². The van der Waals surface area contributed by atoms with Gasteiger partial charge in [0.05, 0.1) is 12.7 Å². The fourth-order valence-corrected chi connectivity index (χ4v) is 2.45.